The quantitative estimate of drug-likeness (QED) is 0.785. The van der Waals surface area contributed by atoms with Crippen molar-refractivity contribution in [2.24, 2.45) is 0 Å². The van der Waals surface area contributed by atoms with E-state index < -0.39 is 11.6 Å². The van der Waals surface area contributed by atoms with Gasteiger partial charge in [0.1, 0.15) is 11.6 Å². The van der Waals surface area contributed by atoms with Crippen molar-refractivity contribution < 1.29 is 13.6 Å². The number of thioether (sulfide) groups is 1. The largest absolute Gasteiger partial charge is 0.336 e. The fourth-order valence-corrected chi connectivity index (χ4v) is 3.45. The monoisotopic (exact) mass is 367 g/mol. The number of aromatic nitrogens is 3. The smallest absolute Gasteiger partial charge is 0.276 e. The molecule has 6 nitrogen and oxygen atoms in total. The predicted octanol–water partition coefficient (Wildman–Crippen LogP) is 1.54. The van der Waals surface area contributed by atoms with Crippen LogP contribution in [0.2, 0.25) is 0 Å². The highest BCUT2D eigenvalue weighted by Crippen LogP contribution is 2.12. The number of halogens is 2. The standard InChI is InChI=1S/C16H19F2N5OS/c17-13-2-1-3-14(18)12(13)10-19-4-5-23-11-15(20-21-23)16(24)22-6-8-25-9-7-22/h1-3,11,19H,4-10H2. The molecule has 0 saturated carbocycles. The van der Waals surface area contributed by atoms with Gasteiger partial charge in [0.05, 0.1) is 12.7 Å². The zero-order valence-electron chi connectivity index (χ0n) is 13.6. The van der Waals surface area contributed by atoms with Crippen LogP contribution in [0.25, 0.3) is 0 Å². The Morgan fingerprint density at radius 3 is 2.68 bits per heavy atom. The molecule has 1 aliphatic rings. The van der Waals surface area contributed by atoms with E-state index >= 15 is 0 Å². The summed E-state index contributed by atoms with van der Waals surface area (Å²) in [6.45, 7) is 2.44. The molecule has 0 unspecified atom stereocenters. The molecule has 0 bridgehead atoms. The highest BCUT2D eigenvalue weighted by molar-refractivity contribution is 7.99. The molecule has 0 atom stereocenters. The van der Waals surface area contributed by atoms with E-state index in [2.05, 4.69) is 15.6 Å². The van der Waals surface area contributed by atoms with Crippen LogP contribution >= 0.6 is 11.8 Å². The van der Waals surface area contributed by atoms with Gasteiger partial charge in [-0.25, -0.2) is 8.78 Å². The Hall–Kier alpha value is -2.00. The maximum atomic E-state index is 13.5. The summed E-state index contributed by atoms with van der Waals surface area (Å²) in [5, 5.41) is 10.8. The van der Waals surface area contributed by atoms with E-state index in [0.29, 0.717) is 18.8 Å². The minimum atomic E-state index is -0.569. The molecule has 0 radical (unpaired) electrons. The van der Waals surface area contributed by atoms with E-state index in [1.807, 2.05) is 11.8 Å². The molecule has 2 aromatic rings. The second-order valence-electron chi connectivity index (χ2n) is 5.65. The fourth-order valence-electron chi connectivity index (χ4n) is 2.54. The van der Waals surface area contributed by atoms with Gasteiger partial charge in [-0.05, 0) is 12.1 Å². The predicted molar refractivity (Wildman–Crippen MR) is 91.3 cm³/mol. The summed E-state index contributed by atoms with van der Waals surface area (Å²) in [5.74, 6) is 0.641. The van der Waals surface area contributed by atoms with Crippen molar-refractivity contribution in [2.45, 2.75) is 13.1 Å². The number of nitrogens with one attached hydrogen (secondary N) is 1. The van der Waals surface area contributed by atoms with Crippen molar-refractivity contribution in [1.29, 1.82) is 0 Å². The lowest BCUT2D eigenvalue weighted by Gasteiger charge is -2.25. The zero-order chi connectivity index (χ0) is 17.6. The van der Waals surface area contributed by atoms with Crippen LogP contribution in [-0.4, -0.2) is 56.9 Å². The Bertz CT molecular complexity index is 713. The van der Waals surface area contributed by atoms with Gasteiger partial charge in [0.2, 0.25) is 0 Å². The molecule has 1 aromatic carbocycles. The van der Waals surface area contributed by atoms with E-state index in [1.165, 1.54) is 18.2 Å². The van der Waals surface area contributed by atoms with Gasteiger partial charge in [-0.3, -0.25) is 9.48 Å². The van der Waals surface area contributed by atoms with Gasteiger partial charge in [-0.2, -0.15) is 11.8 Å². The summed E-state index contributed by atoms with van der Waals surface area (Å²) < 4.78 is 28.6. The first-order chi connectivity index (χ1) is 12.1. The van der Waals surface area contributed by atoms with E-state index in [0.717, 1.165) is 24.6 Å². The summed E-state index contributed by atoms with van der Waals surface area (Å²) in [6, 6.07) is 3.80. The Morgan fingerprint density at radius 2 is 1.96 bits per heavy atom. The molecule has 0 aliphatic carbocycles. The molecule has 1 N–H and O–H groups in total. The number of hydrogen-bond acceptors (Lipinski definition) is 5. The minimum Gasteiger partial charge on any atom is -0.336 e. The highest BCUT2D eigenvalue weighted by atomic mass is 32.2. The van der Waals surface area contributed by atoms with Crippen LogP contribution in [-0.2, 0) is 13.1 Å². The van der Waals surface area contributed by atoms with Gasteiger partial charge in [0.25, 0.3) is 5.91 Å². The van der Waals surface area contributed by atoms with Crippen molar-refractivity contribution in [2.75, 3.05) is 31.1 Å². The number of carbonyl (C=O) groups excluding carboxylic acids is 1. The van der Waals surface area contributed by atoms with E-state index in [-0.39, 0.29) is 18.0 Å². The molecule has 3 rings (SSSR count). The number of carbonyl (C=O) groups is 1. The Kier molecular flexibility index (Phi) is 5.98. The first kappa shape index (κ1) is 17.8. The molecular weight excluding hydrogens is 348 g/mol. The van der Waals surface area contributed by atoms with Crippen molar-refractivity contribution in [3.8, 4) is 0 Å². The third-order valence-electron chi connectivity index (χ3n) is 3.94. The first-order valence-electron chi connectivity index (χ1n) is 8.06. The van der Waals surface area contributed by atoms with Crippen LogP contribution in [0.1, 0.15) is 16.1 Å². The van der Waals surface area contributed by atoms with Gasteiger partial charge in [-0.15, -0.1) is 5.10 Å². The van der Waals surface area contributed by atoms with Gasteiger partial charge in [-0.1, -0.05) is 11.3 Å². The SMILES string of the molecule is O=C(c1cn(CCNCc2c(F)cccc2F)nn1)N1CCSCC1. The summed E-state index contributed by atoms with van der Waals surface area (Å²) in [5.41, 5.74) is 0.340. The molecule has 9 heteroatoms. The molecule has 134 valence electrons. The zero-order valence-corrected chi connectivity index (χ0v) is 14.4. The summed E-state index contributed by atoms with van der Waals surface area (Å²) in [7, 11) is 0. The highest BCUT2D eigenvalue weighted by Gasteiger charge is 2.21. The first-order valence-corrected chi connectivity index (χ1v) is 9.21. The van der Waals surface area contributed by atoms with Crippen LogP contribution in [0.3, 0.4) is 0 Å². The number of rotatable bonds is 6. The lowest BCUT2D eigenvalue weighted by atomic mass is 10.2. The number of benzene rings is 1. The van der Waals surface area contributed by atoms with Gasteiger partial charge in [0, 0.05) is 43.2 Å². The Labute approximate surface area is 148 Å². The fraction of sp³-hybridized carbons (Fsp3) is 0.438. The third kappa shape index (κ3) is 4.55. The summed E-state index contributed by atoms with van der Waals surface area (Å²) >= 11 is 1.83. The topological polar surface area (TPSA) is 63.1 Å². The van der Waals surface area contributed by atoms with Gasteiger partial charge in [0.15, 0.2) is 5.69 Å². The molecular formula is C16H19F2N5OS. The van der Waals surface area contributed by atoms with Crippen molar-refractivity contribution >= 4 is 17.7 Å². The summed E-state index contributed by atoms with van der Waals surface area (Å²) in [6.07, 6.45) is 1.61. The van der Waals surface area contributed by atoms with Crippen LogP contribution in [0.4, 0.5) is 8.78 Å². The number of hydrogen-bond donors (Lipinski definition) is 1. The van der Waals surface area contributed by atoms with E-state index in [1.54, 1.807) is 15.8 Å². The van der Waals surface area contributed by atoms with Crippen molar-refractivity contribution in [3.05, 3.63) is 47.3 Å². The van der Waals surface area contributed by atoms with Crippen LogP contribution in [0.5, 0.6) is 0 Å². The Balaban J connectivity index is 1.48. The molecule has 2 heterocycles. The molecule has 0 spiro atoms. The maximum absolute atomic E-state index is 13.5. The number of amides is 1. The second kappa shape index (κ2) is 8.39. The van der Waals surface area contributed by atoms with E-state index in [9.17, 15) is 13.6 Å². The molecule has 1 amide bonds. The normalized spacial score (nSPS) is 14.7. The lowest BCUT2D eigenvalue weighted by Crippen LogP contribution is -2.38. The van der Waals surface area contributed by atoms with Crippen molar-refractivity contribution in [1.82, 2.24) is 25.2 Å². The average Bonchev–Trinajstić information content (AvgIpc) is 3.10. The van der Waals surface area contributed by atoms with Crippen LogP contribution in [0.15, 0.2) is 24.4 Å². The molecule has 1 aromatic heterocycles. The molecule has 1 saturated heterocycles. The van der Waals surface area contributed by atoms with Gasteiger partial charge >= 0.3 is 0 Å². The lowest BCUT2D eigenvalue weighted by molar-refractivity contribution is 0.0766. The molecule has 25 heavy (non-hydrogen) atoms. The van der Waals surface area contributed by atoms with Crippen LogP contribution in [0, 0.1) is 11.6 Å². The number of nitrogens with zero attached hydrogens (tertiary/aromatic N) is 4. The third-order valence-corrected chi connectivity index (χ3v) is 4.88. The second-order valence-corrected chi connectivity index (χ2v) is 6.87. The minimum absolute atomic E-state index is 0.0138. The van der Waals surface area contributed by atoms with Crippen LogP contribution < -0.4 is 5.32 Å². The Morgan fingerprint density at radius 1 is 1.24 bits per heavy atom. The summed E-state index contributed by atoms with van der Waals surface area (Å²) in [4.78, 5) is 14.1. The van der Waals surface area contributed by atoms with Gasteiger partial charge < -0.3 is 10.2 Å². The van der Waals surface area contributed by atoms with E-state index in [4.69, 9.17) is 0 Å². The molecule has 1 aliphatic heterocycles. The maximum Gasteiger partial charge on any atom is 0.276 e. The average molecular weight is 367 g/mol. The van der Waals surface area contributed by atoms with Crippen molar-refractivity contribution in [3.63, 3.8) is 0 Å². The molecule has 1 fully saturated rings.